The van der Waals surface area contributed by atoms with Crippen molar-refractivity contribution in [3.63, 3.8) is 0 Å². The van der Waals surface area contributed by atoms with Crippen LogP contribution in [0.5, 0.6) is 0 Å². The normalized spacial score (nSPS) is 29.9. The number of hydrogen-bond acceptors (Lipinski definition) is 7. The molecule has 1 aromatic heterocycles. The van der Waals surface area contributed by atoms with Crippen molar-refractivity contribution in [3.05, 3.63) is 22.7 Å². The molecule has 0 aliphatic carbocycles. The Morgan fingerprint density at radius 2 is 2.30 bits per heavy atom. The van der Waals surface area contributed by atoms with E-state index in [9.17, 15) is 9.36 Å². The number of aromatic nitrogens is 2. The molecular formula is C9H14N3O5P3. The van der Waals surface area contributed by atoms with Crippen molar-refractivity contribution in [3.8, 4) is 0 Å². The first-order valence-electron chi connectivity index (χ1n) is 5.62. The molecule has 0 saturated carbocycles. The van der Waals surface area contributed by atoms with E-state index in [-0.39, 0.29) is 20.9 Å². The Kier molecular flexibility index (Phi) is 5.56. The van der Waals surface area contributed by atoms with Crippen LogP contribution < -0.4 is 11.4 Å². The highest BCUT2D eigenvalue weighted by Gasteiger charge is 2.47. The summed E-state index contributed by atoms with van der Waals surface area (Å²) in [5.41, 5.74) is 4.32. The molecule has 1 aliphatic rings. The van der Waals surface area contributed by atoms with Crippen LogP contribution >= 0.6 is 27.4 Å². The number of anilines is 1. The van der Waals surface area contributed by atoms with Gasteiger partial charge in [0.1, 0.15) is 23.7 Å². The predicted octanol–water partition coefficient (Wildman–Crippen LogP) is 0.365. The van der Waals surface area contributed by atoms with Gasteiger partial charge in [-0.25, -0.2) is 4.79 Å². The van der Waals surface area contributed by atoms with Crippen molar-refractivity contribution in [1.82, 2.24) is 9.55 Å². The zero-order chi connectivity index (χ0) is 14.7. The molecule has 110 valence electrons. The standard InChI is InChI=1S/C9H14N3O5P3/c10-5-1-2-12(9(13)11-5)8-7(20-14)6(17-19)4(16-8)3-15-18/h1-2,4,6-8H,3,18-19H2,(H2,10,11,13)/t4-,6?,7-,8-/m1/s1. The molecule has 2 rings (SSSR count). The molecule has 1 fully saturated rings. The summed E-state index contributed by atoms with van der Waals surface area (Å²) in [6, 6.07) is 1.47. The van der Waals surface area contributed by atoms with E-state index in [0.717, 1.165) is 0 Å². The lowest BCUT2D eigenvalue weighted by molar-refractivity contribution is -0.0321. The van der Waals surface area contributed by atoms with E-state index in [0.29, 0.717) is 0 Å². The van der Waals surface area contributed by atoms with E-state index in [2.05, 4.69) is 23.9 Å². The lowest BCUT2D eigenvalue weighted by atomic mass is 10.2. The molecule has 0 bridgehead atoms. The van der Waals surface area contributed by atoms with Crippen LogP contribution in [0.1, 0.15) is 6.23 Å². The third kappa shape index (κ3) is 3.06. The molecule has 2 heterocycles. The molecule has 0 spiro atoms. The van der Waals surface area contributed by atoms with Gasteiger partial charge in [-0.2, -0.15) is 4.98 Å². The van der Waals surface area contributed by atoms with Crippen LogP contribution in [0.4, 0.5) is 5.82 Å². The SMILES string of the molecule is Nc1ccn([C@@H]2O[C@H](COP)C(OP)[C@H]2P=O)c(=O)n1. The first-order valence-corrected chi connectivity index (χ1v) is 7.44. The van der Waals surface area contributed by atoms with Gasteiger partial charge in [0.15, 0.2) is 14.7 Å². The molecule has 1 aliphatic heterocycles. The average molecular weight is 337 g/mol. The lowest BCUT2D eigenvalue weighted by Crippen LogP contribution is -2.33. The van der Waals surface area contributed by atoms with E-state index in [4.69, 9.17) is 19.5 Å². The van der Waals surface area contributed by atoms with E-state index in [1.165, 1.54) is 16.8 Å². The van der Waals surface area contributed by atoms with Crippen molar-refractivity contribution in [2.24, 2.45) is 0 Å². The average Bonchev–Trinajstić information content (AvgIpc) is 2.76. The minimum atomic E-state index is -0.759. The largest absolute Gasteiger partial charge is 0.383 e. The minimum absolute atomic E-state index is 0.115. The highest BCUT2D eigenvalue weighted by atomic mass is 31.1. The van der Waals surface area contributed by atoms with Crippen molar-refractivity contribution in [2.45, 2.75) is 24.1 Å². The lowest BCUT2D eigenvalue weighted by Gasteiger charge is -2.17. The van der Waals surface area contributed by atoms with Crippen molar-refractivity contribution < 1.29 is 18.3 Å². The fraction of sp³-hybridized carbons (Fsp3) is 0.556. The Labute approximate surface area is 121 Å². The van der Waals surface area contributed by atoms with Crippen LogP contribution in [0.15, 0.2) is 17.1 Å². The molecule has 3 unspecified atom stereocenters. The summed E-state index contributed by atoms with van der Waals surface area (Å²) in [5, 5.41) is 0. The van der Waals surface area contributed by atoms with Gasteiger partial charge < -0.3 is 19.5 Å². The summed E-state index contributed by atoms with van der Waals surface area (Å²) in [6.07, 6.45) is -0.248. The van der Waals surface area contributed by atoms with Crippen LogP contribution in [-0.2, 0) is 18.3 Å². The molecule has 20 heavy (non-hydrogen) atoms. The molecule has 6 atom stereocenters. The number of ether oxygens (including phenoxy) is 1. The minimum Gasteiger partial charge on any atom is -0.383 e. The number of hydrogen-bond donors (Lipinski definition) is 1. The monoisotopic (exact) mass is 337 g/mol. The molecule has 0 amide bonds. The Balaban J connectivity index is 2.35. The molecule has 1 saturated heterocycles. The van der Waals surface area contributed by atoms with Crippen molar-refractivity contribution in [2.75, 3.05) is 12.3 Å². The second kappa shape index (κ2) is 6.99. The summed E-state index contributed by atoms with van der Waals surface area (Å²) in [5.74, 6) is 0.115. The summed E-state index contributed by atoms with van der Waals surface area (Å²) in [4.78, 5) is 15.5. The summed E-state index contributed by atoms with van der Waals surface area (Å²) >= 11 is 0. The number of nitrogens with zero attached hydrogens (tertiary/aromatic N) is 2. The van der Waals surface area contributed by atoms with Gasteiger partial charge in [-0.05, 0) is 6.07 Å². The number of nitrogen functional groups attached to an aromatic ring is 1. The zero-order valence-electron chi connectivity index (χ0n) is 10.3. The quantitative estimate of drug-likeness (QED) is 0.774. The Bertz CT molecular complexity index is 542. The van der Waals surface area contributed by atoms with Crippen LogP contribution in [0, 0.1) is 0 Å². The zero-order valence-corrected chi connectivity index (χ0v) is 13.5. The Hall–Kier alpha value is -0.480. The molecule has 8 nitrogen and oxygen atoms in total. The third-order valence-corrected chi connectivity index (χ3v) is 4.27. The van der Waals surface area contributed by atoms with Gasteiger partial charge in [-0.15, -0.1) is 0 Å². The van der Waals surface area contributed by atoms with Crippen molar-refractivity contribution in [1.29, 1.82) is 0 Å². The number of nitrogens with two attached hydrogens (primary N) is 1. The van der Waals surface area contributed by atoms with Crippen LogP contribution in [0.25, 0.3) is 0 Å². The Morgan fingerprint density at radius 3 is 2.85 bits per heavy atom. The highest BCUT2D eigenvalue weighted by Crippen LogP contribution is 2.39. The van der Waals surface area contributed by atoms with Gasteiger partial charge in [-0.3, -0.25) is 9.13 Å². The first kappa shape index (κ1) is 15.9. The van der Waals surface area contributed by atoms with E-state index >= 15 is 0 Å². The molecule has 2 N–H and O–H groups in total. The fourth-order valence-electron chi connectivity index (χ4n) is 2.08. The van der Waals surface area contributed by atoms with Crippen molar-refractivity contribution >= 4 is 33.2 Å². The van der Waals surface area contributed by atoms with Gasteiger partial charge in [0.2, 0.25) is 0 Å². The molecule has 11 heteroatoms. The highest BCUT2D eigenvalue weighted by molar-refractivity contribution is 7.25. The maximum Gasteiger partial charge on any atom is 0.351 e. The molecule has 0 radical (unpaired) electrons. The maximum absolute atomic E-state index is 11.9. The van der Waals surface area contributed by atoms with E-state index < -0.39 is 29.8 Å². The summed E-state index contributed by atoms with van der Waals surface area (Å²) < 4.78 is 28.6. The van der Waals surface area contributed by atoms with Gasteiger partial charge in [-0.1, -0.05) is 0 Å². The third-order valence-electron chi connectivity index (χ3n) is 2.97. The predicted molar refractivity (Wildman–Crippen MR) is 78.5 cm³/mol. The van der Waals surface area contributed by atoms with Gasteiger partial charge >= 0.3 is 5.69 Å². The summed E-state index contributed by atoms with van der Waals surface area (Å²) in [7, 11) is 4.03. The molecule has 0 aromatic carbocycles. The van der Waals surface area contributed by atoms with Crippen LogP contribution in [0.3, 0.4) is 0 Å². The van der Waals surface area contributed by atoms with Crippen LogP contribution in [-0.4, -0.2) is 34.0 Å². The second-order valence-corrected chi connectivity index (χ2v) is 5.55. The molecular weight excluding hydrogens is 323 g/mol. The van der Waals surface area contributed by atoms with E-state index in [1.54, 1.807) is 0 Å². The second-order valence-electron chi connectivity index (χ2n) is 4.14. The fourth-order valence-corrected chi connectivity index (χ4v) is 3.44. The van der Waals surface area contributed by atoms with E-state index in [1.807, 2.05) is 0 Å². The van der Waals surface area contributed by atoms with Gasteiger partial charge in [0, 0.05) is 25.1 Å². The molecule has 1 aromatic rings. The van der Waals surface area contributed by atoms with Gasteiger partial charge in [0.05, 0.1) is 6.61 Å². The van der Waals surface area contributed by atoms with Crippen LogP contribution in [0.2, 0.25) is 0 Å². The maximum atomic E-state index is 11.9. The first-order chi connectivity index (χ1) is 9.62. The van der Waals surface area contributed by atoms with Gasteiger partial charge in [0.25, 0.3) is 0 Å². The Morgan fingerprint density at radius 1 is 1.55 bits per heavy atom. The number of rotatable bonds is 5. The smallest absolute Gasteiger partial charge is 0.351 e. The summed E-state index contributed by atoms with van der Waals surface area (Å²) in [6.45, 7) is 0.226. The topological polar surface area (TPSA) is 106 Å².